The number of thiophene rings is 3. The third-order valence-electron chi connectivity index (χ3n) is 16.3. The van der Waals surface area contributed by atoms with E-state index in [1.54, 1.807) is 0 Å². The Kier molecular flexibility index (Phi) is 10.2. The number of hydrogen-bond donors (Lipinski definition) is 0. The lowest BCUT2D eigenvalue weighted by Gasteiger charge is -2.31. The highest BCUT2D eigenvalue weighted by atomic mass is 32.1. The monoisotopic (exact) mass is 1070 g/mol. The average Bonchev–Trinajstić information content (AvgIpc) is 4.37. The van der Waals surface area contributed by atoms with E-state index in [2.05, 4.69) is 287 Å². The largest absolute Gasteiger partial charge is 0.310 e. The van der Waals surface area contributed by atoms with E-state index in [9.17, 15) is 0 Å². The van der Waals surface area contributed by atoms with Crippen molar-refractivity contribution in [1.29, 1.82) is 0 Å². The molecule has 0 aliphatic heterocycles. The summed E-state index contributed by atoms with van der Waals surface area (Å²) in [6, 6.07) is 102. The zero-order chi connectivity index (χ0) is 52.4. The Morgan fingerprint density at radius 1 is 0.250 bits per heavy atom. The van der Waals surface area contributed by atoms with Crippen LogP contribution in [0.15, 0.2) is 273 Å². The molecule has 4 heterocycles. The molecule has 80 heavy (non-hydrogen) atoms. The maximum absolute atomic E-state index is 2.49. The van der Waals surface area contributed by atoms with Crippen LogP contribution in [0.2, 0.25) is 0 Å². The molecule has 0 unspecified atom stereocenters. The topological polar surface area (TPSA) is 11.4 Å². The Morgan fingerprint density at radius 2 is 0.713 bits per heavy atom. The van der Waals surface area contributed by atoms with Gasteiger partial charge in [-0.1, -0.05) is 146 Å². The molecule has 17 aromatic rings. The lowest BCUT2D eigenvalue weighted by Crippen LogP contribution is -2.13. The highest BCUT2D eigenvalue weighted by Gasteiger charge is 2.24. The first-order chi connectivity index (χ1) is 39.6. The van der Waals surface area contributed by atoms with Crippen molar-refractivity contribution < 1.29 is 0 Å². The number of anilines is 6. The Balaban J connectivity index is 0.971. The van der Waals surface area contributed by atoms with Crippen LogP contribution < -0.4 is 9.80 Å². The van der Waals surface area contributed by atoms with Gasteiger partial charge in [-0.3, -0.25) is 0 Å². The molecular weight excluding hydrogens is 1030 g/mol. The van der Waals surface area contributed by atoms with Gasteiger partial charge in [0, 0.05) is 111 Å². The number of aromatic nitrogens is 1. The molecule has 0 N–H and O–H groups in total. The van der Waals surface area contributed by atoms with E-state index >= 15 is 0 Å². The van der Waals surface area contributed by atoms with Gasteiger partial charge in [-0.2, -0.15) is 0 Å². The summed E-state index contributed by atoms with van der Waals surface area (Å²) in [6.07, 6.45) is 0. The van der Waals surface area contributed by atoms with Gasteiger partial charge in [-0.05, 0) is 160 Å². The minimum Gasteiger partial charge on any atom is -0.310 e. The van der Waals surface area contributed by atoms with Gasteiger partial charge >= 0.3 is 0 Å². The summed E-state index contributed by atoms with van der Waals surface area (Å²) in [5.41, 5.74) is 12.3. The highest BCUT2D eigenvalue weighted by Crippen LogP contribution is 2.49. The molecule has 0 aliphatic carbocycles. The van der Waals surface area contributed by atoms with E-state index in [0.717, 1.165) is 50.9 Å². The van der Waals surface area contributed by atoms with Crippen LogP contribution in [0.25, 0.3) is 121 Å². The molecular formula is C74H45N3S3. The Hall–Kier alpha value is -9.56. The van der Waals surface area contributed by atoms with Crippen molar-refractivity contribution in [2.24, 2.45) is 0 Å². The molecule has 0 spiro atoms. The summed E-state index contributed by atoms with van der Waals surface area (Å²) in [6.45, 7) is 0. The molecule has 0 bridgehead atoms. The summed E-state index contributed by atoms with van der Waals surface area (Å²) in [5, 5.41) is 15.0. The van der Waals surface area contributed by atoms with Crippen LogP contribution in [0.1, 0.15) is 0 Å². The van der Waals surface area contributed by atoms with Crippen molar-refractivity contribution in [1.82, 2.24) is 4.57 Å². The predicted molar refractivity (Wildman–Crippen MR) is 349 cm³/mol. The number of nitrogens with zero attached hydrogens (tertiary/aromatic N) is 3. The number of para-hydroxylation sites is 1. The standard InChI is InChI=1S/C74H45N3S3/c1-2-18-52(19-3-1)77-66-34-28-50(42-65(66)73-67(77)35-33-62-59-20-8-13-25-70(59)80-74(62)73)51-40-57(75(53-29-26-46-14-4-6-16-48(46)38-53)55-31-36-71-63(44-55)60-21-9-11-23-68(60)78-71)43-58(41-51)76(54-30-27-47-15-5-7-17-49(47)39-54)56-32-37-72-64(45-56)61-22-10-12-24-69(61)79-72/h1-45H. The summed E-state index contributed by atoms with van der Waals surface area (Å²) in [7, 11) is 0. The molecule has 0 saturated heterocycles. The number of rotatable bonds is 8. The van der Waals surface area contributed by atoms with Gasteiger partial charge in [0.1, 0.15) is 0 Å². The van der Waals surface area contributed by atoms with E-state index in [4.69, 9.17) is 0 Å². The molecule has 374 valence electrons. The lowest BCUT2D eigenvalue weighted by molar-refractivity contribution is 1.18. The quantitative estimate of drug-likeness (QED) is 0.150. The van der Waals surface area contributed by atoms with Crippen LogP contribution in [0.5, 0.6) is 0 Å². The SMILES string of the molecule is c1ccc(-n2c3ccc(-c4cc(N(c5ccc6ccccc6c5)c5ccc6sc7ccccc7c6c5)cc(N(c5ccc6ccccc6c5)c5ccc6sc7ccccc7c6c5)c4)cc3c3c4sc5ccccc5c4ccc32)cc1. The zero-order valence-electron chi connectivity index (χ0n) is 43.0. The van der Waals surface area contributed by atoms with Crippen LogP contribution >= 0.6 is 34.0 Å². The molecule has 3 nitrogen and oxygen atoms in total. The van der Waals surface area contributed by atoms with Crippen molar-refractivity contribution in [3.63, 3.8) is 0 Å². The summed E-state index contributed by atoms with van der Waals surface area (Å²) in [5.74, 6) is 0. The van der Waals surface area contributed by atoms with Gasteiger partial charge < -0.3 is 14.4 Å². The fourth-order valence-electron chi connectivity index (χ4n) is 12.6. The molecule has 0 radical (unpaired) electrons. The number of hydrogen-bond acceptors (Lipinski definition) is 5. The zero-order valence-corrected chi connectivity index (χ0v) is 45.5. The third-order valence-corrected chi connectivity index (χ3v) is 19.8. The van der Waals surface area contributed by atoms with Gasteiger partial charge in [-0.25, -0.2) is 0 Å². The molecule has 13 aromatic carbocycles. The number of benzene rings is 13. The molecule has 6 heteroatoms. The van der Waals surface area contributed by atoms with Crippen LogP contribution in [0, 0.1) is 0 Å². The molecule has 0 saturated carbocycles. The first-order valence-electron chi connectivity index (χ1n) is 27.1. The van der Waals surface area contributed by atoms with E-state index in [1.165, 1.54) is 104 Å². The van der Waals surface area contributed by atoms with E-state index < -0.39 is 0 Å². The smallest absolute Gasteiger partial charge is 0.0555 e. The maximum atomic E-state index is 2.49. The molecule has 0 aliphatic rings. The van der Waals surface area contributed by atoms with Crippen LogP contribution in [-0.2, 0) is 0 Å². The third kappa shape index (κ3) is 7.23. The first-order valence-corrected chi connectivity index (χ1v) is 29.6. The second kappa shape index (κ2) is 18.0. The van der Waals surface area contributed by atoms with Gasteiger partial charge in [0.25, 0.3) is 0 Å². The highest BCUT2D eigenvalue weighted by molar-refractivity contribution is 7.27. The molecule has 0 atom stereocenters. The van der Waals surface area contributed by atoms with Crippen molar-refractivity contribution in [3.05, 3.63) is 273 Å². The van der Waals surface area contributed by atoms with Crippen LogP contribution in [0.4, 0.5) is 34.1 Å². The van der Waals surface area contributed by atoms with E-state index in [0.29, 0.717) is 0 Å². The summed E-state index contributed by atoms with van der Waals surface area (Å²) >= 11 is 5.61. The lowest BCUT2D eigenvalue weighted by atomic mass is 9.99. The van der Waals surface area contributed by atoms with Crippen molar-refractivity contribution in [2.75, 3.05) is 9.80 Å². The normalized spacial score (nSPS) is 12.0. The maximum Gasteiger partial charge on any atom is 0.0555 e. The van der Waals surface area contributed by atoms with Gasteiger partial charge in [0.2, 0.25) is 0 Å². The van der Waals surface area contributed by atoms with E-state index in [1.807, 2.05) is 34.0 Å². The molecule has 0 fully saturated rings. The minimum absolute atomic E-state index is 1.05. The molecule has 0 amide bonds. The van der Waals surface area contributed by atoms with Crippen molar-refractivity contribution in [2.45, 2.75) is 0 Å². The van der Waals surface area contributed by atoms with E-state index in [-0.39, 0.29) is 0 Å². The second-order valence-corrected chi connectivity index (χ2v) is 24.1. The van der Waals surface area contributed by atoms with Gasteiger partial charge in [0.05, 0.1) is 11.0 Å². The fraction of sp³-hybridized carbons (Fsp3) is 0. The van der Waals surface area contributed by atoms with Crippen LogP contribution in [-0.4, -0.2) is 4.57 Å². The molecule has 4 aromatic heterocycles. The van der Waals surface area contributed by atoms with Crippen molar-refractivity contribution in [3.8, 4) is 16.8 Å². The van der Waals surface area contributed by atoms with Gasteiger partial charge in [-0.15, -0.1) is 34.0 Å². The second-order valence-electron chi connectivity index (χ2n) is 20.9. The minimum atomic E-state index is 1.05. The Morgan fingerprint density at radius 3 is 1.30 bits per heavy atom. The average molecular weight is 1070 g/mol. The Labute approximate surface area is 472 Å². The first kappa shape index (κ1) is 45.5. The number of fused-ring (bicyclic) bond motifs is 15. The fourth-order valence-corrected chi connectivity index (χ4v) is 16.0. The Bertz CT molecular complexity index is 5140. The van der Waals surface area contributed by atoms with Crippen LogP contribution in [0.3, 0.4) is 0 Å². The summed E-state index contributed by atoms with van der Waals surface area (Å²) in [4.78, 5) is 4.97. The van der Waals surface area contributed by atoms with Gasteiger partial charge in [0.15, 0.2) is 0 Å². The van der Waals surface area contributed by atoms with Crippen molar-refractivity contribution >= 4 is 172 Å². The summed E-state index contributed by atoms with van der Waals surface area (Å²) < 4.78 is 10.2. The predicted octanol–water partition coefficient (Wildman–Crippen LogP) is 22.8. The molecule has 17 rings (SSSR count).